The summed E-state index contributed by atoms with van der Waals surface area (Å²) in [6, 6.07) is 5.41. The zero-order valence-electron chi connectivity index (χ0n) is 21.5. The van der Waals surface area contributed by atoms with Gasteiger partial charge in [-0.2, -0.15) is 0 Å². The number of carbonyl (C=O) groups is 3. The van der Waals surface area contributed by atoms with Crippen molar-refractivity contribution in [3.63, 3.8) is 0 Å². The van der Waals surface area contributed by atoms with Gasteiger partial charge in [-0.25, -0.2) is 9.97 Å². The van der Waals surface area contributed by atoms with E-state index in [-0.39, 0.29) is 30.2 Å². The monoisotopic (exact) mass is 515 g/mol. The Morgan fingerprint density at radius 1 is 0.921 bits per heavy atom. The third-order valence-corrected chi connectivity index (χ3v) is 8.93. The van der Waals surface area contributed by atoms with E-state index in [9.17, 15) is 14.4 Å². The van der Waals surface area contributed by atoms with E-state index in [1.807, 2.05) is 30.6 Å². The number of ether oxygens (including phenoxy) is 1. The average Bonchev–Trinajstić information content (AvgIpc) is 3.69. The molecule has 9 nitrogen and oxygen atoms in total. The molecule has 3 atom stereocenters. The molecule has 2 aliphatic carbocycles. The van der Waals surface area contributed by atoms with Crippen LogP contribution in [0.3, 0.4) is 0 Å². The second-order valence-corrected chi connectivity index (χ2v) is 11.5. The maximum atomic E-state index is 13.0. The van der Waals surface area contributed by atoms with E-state index in [1.165, 1.54) is 24.8 Å². The Morgan fingerprint density at radius 3 is 2.47 bits per heavy atom. The van der Waals surface area contributed by atoms with E-state index < -0.39 is 6.04 Å². The standard InChI is InChI=1S/C29H33N5O4/c35-26-10-9-24(28(36)32-26)34-16-18-11-21(7-8-22(18)29(34)37)38-25-4-2-1-3-23(25)33-14-20(15-33)27-30-12-19(13-31-27)17-5-6-17/h7-8,11-13,17,20,23-25H,1-6,9-10,14-16H2,(H,32,35,36)/t23-,24-,25+/m1/s1. The van der Waals surface area contributed by atoms with Crippen LogP contribution in [0, 0.1) is 0 Å². The van der Waals surface area contributed by atoms with Crippen LogP contribution >= 0.6 is 0 Å². The van der Waals surface area contributed by atoms with Gasteiger partial charge in [0.1, 0.15) is 23.7 Å². The molecule has 3 aliphatic heterocycles. The molecule has 1 aromatic carbocycles. The number of benzene rings is 1. The molecule has 2 saturated carbocycles. The largest absolute Gasteiger partial charge is 0.489 e. The molecule has 4 fully saturated rings. The summed E-state index contributed by atoms with van der Waals surface area (Å²) >= 11 is 0. The van der Waals surface area contributed by atoms with Crippen molar-refractivity contribution < 1.29 is 19.1 Å². The van der Waals surface area contributed by atoms with Crippen molar-refractivity contribution in [2.75, 3.05) is 13.1 Å². The Labute approximate surface area is 222 Å². The van der Waals surface area contributed by atoms with Crippen LogP contribution < -0.4 is 10.1 Å². The normalized spacial score (nSPS) is 28.2. The van der Waals surface area contributed by atoms with E-state index in [2.05, 4.69) is 20.2 Å². The molecular formula is C29H33N5O4. The van der Waals surface area contributed by atoms with Crippen LogP contribution in [0.1, 0.15) is 90.5 Å². The van der Waals surface area contributed by atoms with Gasteiger partial charge in [0, 0.05) is 56.0 Å². The maximum absolute atomic E-state index is 13.0. The van der Waals surface area contributed by atoms with Crippen molar-refractivity contribution in [3.8, 4) is 5.75 Å². The number of nitrogens with one attached hydrogen (secondary N) is 1. The summed E-state index contributed by atoms with van der Waals surface area (Å²) in [7, 11) is 0. The molecule has 0 spiro atoms. The van der Waals surface area contributed by atoms with Crippen LogP contribution in [0.5, 0.6) is 5.75 Å². The van der Waals surface area contributed by atoms with Crippen molar-refractivity contribution in [1.82, 2.24) is 25.1 Å². The molecule has 5 aliphatic rings. The van der Waals surface area contributed by atoms with Gasteiger partial charge in [0.05, 0.1) is 0 Å². The summed E-state index contributed by atoms with van der Waals surface area (Å²) in [4.78, 5) is 50.3. The van der Waals surface area contributed by atoms with Crippen LogP contribution in [0.4, 0.5) is 0 Å². The molecule has 0 unspecified atom stereocenters. The van der Waals surface area contributed by atoms with Crippen LogP contribution in [0.15, 0.2) is 30.6 Å². The molecule has 2 saturated heterocycles. The molecule has 3 amide bonds. The first kappa shape index (κ1) is 23.8. The molecular weight excluding hydrogens is 482 g/mol. The molecule has 9 heteroatoms. The summed E-state index contributed by atoms with van der Waals surface area (Å²) in [6.07, 6.45) is 11.8. The van der Waals surface area contributed by atoms with Gasteiger partial charge in [0.2, 0.25) is 11.8 Å². The van der Waals surface area contributed by atoms with Crippen molar-refractivity contribution in [2.45, 2.75) is 87.9 Å². The van der Waals surface area contributed by atoms with Gasteiger partial charge in [-0.3, -0.25) is 24.6 Å². The highest BCUT2D eigenvalue weighted by molar-refractivity contribution is 6.05. The number of hydrogen-bond acceptors (Lipinski definition) is 7. The van der Waals surface area contributed by atoms with E-state index in [0.29, 0.717) is 36.4 Å². The van der Waals surface area contributed by atoms with E-state index in [0.717, 1.165) is 49.5 Å². The fourth-order valence-electron chi connectivity index (χ4n) is 6.56. The zero-order valence-corrected chi connectivity index (χ0v) is 21.5. The number of imide groups is 1. The lowest BCUT2D eigenvalue weighted by Crippen LogP contribution is -2.57. The lowest BCUT2D eigenvalue weighted by Gasteiger charge is -2.47. The van der Waals surface area contributed by atoms with Crippen LogP contribution in [0.25, 0.3) is 0 Å². The third kappa shape index (κ3) is 4.36. The Hall–Kier alpha value is -3.33. The molecule has 198 valence electrons. The molecule has 38 heavy (non-hydrogen) atoms. The van der Waals surface area contributed by atoms with Crippen molar-refractivity contribution in [2.24, 2.45) is 0 Å². The third-order valence-electron chi connectivity index (χ3n) is 8.93. The van der Waals surface area contributed by atoms with Gasteiger partial charge in [-0.1, -0.05) is 6.42 Å². The first-order chi connectivity index (χ1) is 18.5. The molecule has 0 radical (unpaired) electrons. The van der Waals surface area contributed by atoms with Crippen molar-refractivity contribution in [1.29, 1.82) is 0 Å². The molecule has 1 N–H and O–H groups in total. The van der Waals surface area contributed by atoms with E-state index in [1.54, 1.807) is 4.90 Å². The van der Waals surface area contributed by atoms with Gasteiger partial charge in [-0.05, 0) is 73.8 Å². The molecule has 1 aromatic heterocycles. The Balaban J connectivity index is 0.997. The number of piperidine rings is 1. The van der Waals surface area contributed by atoms with Gasteiger partial charge in [0.25, 0.3) is 5.91 Å². The number of aromatic nitrogens is 2. The predicted octanol–water partition coefficient (Wildman–Crippen LogP) is 2.90. The molecule has 2 aromatic rings. The number of amides is 3. The fourth-order valence-corrected chi connectivity index (χ4v) is 6.56. The van der Waals surface area contributed by atoms with Gasteiger partial charge >= 0.3 is 0 Å². The Kier molecular flexibility index (Phi) is 5.91. The fraction of sp³-hybridized carbons (Fsp3) is 0.552. The smallest absolute Gasteiger partial charge is 0.255 e. The summed E-state index contributed by atoms with van der Waals surface area (Å²) < 4.78 is 6.56. The van der Waals surface area contributed by atoms with E-state index >= 15 is 0 Å². The highest BCUT2D eigenvalue weighted by atomic mass is 16.5. The predicted molar refractivity (Wildman–Crippen MR) is 137 cm³/mol. The highest BCUT2D eigenvalue weighted by Crippen LogP contribution is 2.40. The lowest BCUT2D eigenvalue weighted by atomic mass is 9.86. The van der Waals surface area contributed by atoms with Crippen molar-refractivity contribution in [3.05, 3.63) is 53.1 Å². The first-order valence-electron chi connectivity index (χ1n) is 14.0. The average molecular weight is 516 g/mol. The number of carbonyl (C=O) groups excluding carboxylic acids is 3. The van der Waals surface area contributed by atoms with Gasteiger partial charge < -0.3 is 9.64 Å². The first-order valence-corrected chi connectivity index (χ1v) is 14.0. The maximum Gasteiger partial charge on any atom is 0.255 e. The number of rotatable bonds is 6. The van der Waals surface area contributed by atoms with Gasteiger partial charge in [-0.15, -0.1) is 0 Å². The summed E-state index contributed by atoms with van der Waals surface area (Å²) in [6.45, 7) is 2.29. The summed E-state index contributed by atoms with van der Waals surface area (Å²) in [5.41, 5.74) is 2.77. The molecule has 4 heterocycles. The van der Waals surface area contributed by atoms with Crippen LogP contribution in [-0.2, 0) is 16.1 Å². The second kappa shape index (κ2) is 9.45. The minimum Gasteiger partial charge on any atom is -0.489 e. The lowest BCUT2D eigenvalue weighted by molar-refractivity contribution is -0.136. The van der Waals surface area contributed by atoms with Crippen LogP contribution in [0.2, 0.25) is 0 Å². The topological polar surface area (TPSA) is 105 Å². The highest BCUT2D eigenvalue weighted by Gasteiger charge is 2.42. The summed E-state index contributed by atoms with van der Waals surface area (Å²) in [5.74, 6) is 1.98. The minimum absolute atomic E-state index is 0.101. The Morgan fingerprint density at radius 2 is 1.71 bits per heavy atom. The SMILES string of the molecule is O=C1CC[C@@H](N2Cc3cc(O[C@H]4CCCC[C@H]4N4CC(c5ncc(C6CC6)cn5)C4)ccc3C2=O)C(=O)N1. The quantitative estimate of drug-likeness (QED) is 0.590. The zero-order chi connectivity index (χ0) is 25.8. The number of fused-ring (bicyclic) bond motifs is 1. The van der Waals surface area contributed by atoms with Gasteiger partial charge in [0.15, 0.2) is 0 Å². The number of hydrogen-bond donors (Lipinski definition) is 1. The number of nitrogens with zero attached hydrogens (tertiary/aromatic N) is 4. The molecule has 0 bridgehead atoms. The Bertz CT molecular complexity index is 1270. The number of likely N-dealkylation sites (tertiary alicyclic amines) is 1. The second-order valence-electron chi connectivity index (χ2n) is 11.5. The van der Waals surface area contributed by atoms with Crippen LogP contribution in [-0.4, -0.2) is 68.8 Å². The van der Waals surface area contributed by atoms with Crippen molar-refractivity contribution >= 4 is 17.7 Å². The minimum atomic E-state index is -0.604. The summed E-state index contributed by atoms with van der Waals surface area (Å²) in [5, 5.41) is 2.36. The molecule has 7 rings (SSSR count). The van der Waals surface area contributed by atoms with E-state index in [4.69, 9.17) is 4.74 Å².